The van der Waals surface area contributed by atoms with E-state index in [0.29, 0.717) is 6.10 Å². The number of imidazole rings is 1. The number of fused-ring (bicyclic) bond motifs is 1. The molecule has 1 atom stereocenters. The van der Waals surface area contributed by atoms with E-state index in [0.717, 1.165) is 40.9 Å². The average Bonchev–Trinajstić information content (AvgIpc) is 3.15. The van der Waals surface area contributed by atoms with Crippen LogP contribution < -0.4 is 5.32 Å². The Labute approximate surface area is 138 Å². The highest BCUT2D eigenvalue weighted by molar-refractivity contribution is 7.20. The number of aromatic nitrogens is 4. The average molecular weight is 329 g/mol. The van der Waals surface area contributed by atoms with Crippen molar-refractivity contribution in [2.24, 2.45) is 0 Å². The lowest BCUT2D eigenvalue weighted by molar-refractivity contribution is 0.0134. The maximum absolute atomic E-state index is 5.74. The molecule has 120 valence electrons. The molecule has 0 radical (unpaired) electrons. The number of nitrogens with one attached hydrogen (secondary N) is 1. The van der Waals surface area contributed by atoms with Gasteiger partial charge in [-0.1, -0.05) is 11.3 Å². The van der Waals surface area contributed by atoms with Gasteiger partial charge in [0.05, 0.1) is 18.0 Å². The molecule has 0 amide bonds. The fraction of sp³-hybridized carbons (Fsp3) is 0.438. The molecule has 3 aromatic heterocycles. The van der Waals surface area contributed by atoms with Crippen molar-refractivity contribution in [2.45, 2.75) is 31.8 Å². The number of hydrogen-bond acceptors (Lipinski definition) is 6. The molecule has 0 spiro atoms. The summed E-state index contributed by atoms with van der Waals surface area (Å²) in [6, 6.07) is 3.92. The van der Waals surface area contributed by atoms with Crippen molar-refractivity contribution in [3.63, 3.8) is 0 Å². The highest BCUT2D eigenvalue weighted by atomic mass is 32.1. The van der Waals surface area contributed by atoms with Crippen molar-refractivity contribution in [1.29, 1.82) is 0 Å². The molecule has 7 heteroatoms. The minimum Gasteiger partial charge on any atom is -0.378 e. The zero-order valence-corrected chi connectivity index (χ0v) is 13.6. The van der Waals surface area contributed by atoms with Crippen LogP contribution in [0.25, 0.3) is 16.2 Å². The van der Waals surface area contributed by atoms with E-state index in [-0.39, 0.29) is 0 Å². The molecule has 0 bridgehead atoms. The van der Waals surface area contributed by atoms with Gasteiger partial charge in [0, 0.05) is 31.1 Å². The van der Waals surface area contributed by atoms with Gasteiger partial charge in [-0.05, 0) is 37.8 Å². The molecular weight excluding hydrogens is 310 g/mol. The Morgan fingerprint density at radius 1 is 1.39 bits per heavy atom. The van der Waals surface area contributed by atoms with E-state index in [2.05, 4.69) is 20.4 Å². The van der Waals surface area contributed by atoms with Crippen molar-refractivity contribution >= 4 is 21.4 Å². The molecule has 23 heavy (non-hydrogen) atoms. The van der Waals surface area contributed by atoms with Crippen molar-refractivity contribution in [3.8, 4) is 11.3 Å². The molecule has 1 unspecified atom stereocenters. The van der Waals surface area contributed by atoms with Crippen LogP contribution in [0.1, 0.15) is 25.7 Å². The Hall–Kier alpha value is -1.99. The summed E-state index contributed by atoms with van der Waals surface area (Å²) >= 11 is 1.57. The maximum Gasteiger partial charge on any atom is 0.214 e. The van der Waals surface area contributed by atoms with Crippen LogP contribution in [-0.4, -0.2) is 38.8 Å². The second-order valence-electron chi connectivity index (χ2n) is 5.71. The van der Waals surface area contributed by atoms with Gasteiger partial charge in [-0.3, -0.25) is 4.98 Å². The van der Waals surface area contributed by atoms with E-state index in [1.54, 1.807) is 17.5 Å². The van der Waals surface area contributed by atoms with Gasteiger partial charge >= 0.3 is 0 Å². The van der Waals surface area contributed by atoms with Gasteiger partial charge in [0.25, 0.3) is 0 Å². The first-order chi connectivity index (χ1) is 11.4. The fourth-order valence-corrected chi connectivity index (χ4v) is 3.61. The third-order valence-corrected chi connectivity index (χ3v) is 4.90. The van der Waals surface area contributed by atoms with Gasteiger partial charge in [0.1, 0.15) is 0 Å². The molecule has 1 aliphatic rings. The number of rotatable bonds is 5. The van der Waals surface area contributed by atoms with Crippen molar-refractivity contribution < 1.29 is 4.74 Å². The first-order valence-electron chi connectivity index (χ1n) is 8.00. The summed E-state index contributed by atoms with van der Waals surface area (Å²) in [5.74, 6) is 0. The summed E-state index contributed by atoms with van der Waals surface area (Å²) in [5.41, 5.74) is 1.91. The molecule has 1 N–H and O–H groups in total. The molecule has 1 fully saturated rings. The summed E-state index contributed by atoms with van der Waals surface area (Å²) in [5, 5.41) is 8.83. The van der Waals surface area contributed by atoms with Gasteiger partial charge in [-0.25, -0.2) is 9.50 Å². The van der Waals surface area contributed by atoms with Crippen LogP contribution in [0.15, 0.2) is 30.7 Å². The normalized spacial score (nSPS) is 18.3. The van der Waals surface area contributed by atoms with Gasteiger partial charge in [-0.15, -0.1) is 5.10 Å². The fourth-order valence-electron chi connectivity index (χ4n) is 2.80. The third kappa shape index (κ3) is 3.35. The predicted octanol–water partition coefficient (Wildman–Crippen LogP) is 3.22. The third-order valence-electron chi connectivity index (χ3n) is 4.02. The summed E-state index contributed by atoms with van der Waals surface area (Å²) in [6.07, 6.45) is 10.6. The van der Waals surface area contributed by atoms with Crippen molar-refractivity contribution in [3.05, 3.63) is 30.7 Å². The zero-order chi connectivity index (χ0) is 15.5. The van der Waals surface area contributed by atoms with Crippen molar-refractivity contribution in [2.75, 3.05) is 18.5 Å². The Bertz CT molecular complexity index is 732. The number of ether oxygens (including phenoxy) is 1. The van der Waals surface area contributed by atoms with Crippen LogP contribution in [-0.2, 0) is 4.74 Å². The van der Waals surface area contributed by atoms with E-state index < -0.39 is 0 Å². The van der Waals surface area contributed by atoms with Gasteiger partial charge in [0.2, 0.25) is 10.1 Å². The van der Waals surface area contributed by atoms with Gasteiger partial charge < -0.3 is 10.1 Å². The standard InChI is InChI=1S/C16H19N5OS/c1-2-9-22-13(5-1)6-8-18-15-20-21-11-14(19-16(21)23-15)12-4-3-7-17-10-12/h3-4,7,10-11,13H,1-2,5-6,8-9H2,(H,18,20). The Balaban J connectivity index is 1.38. The largest absolute Gasteiger partial charge is 0.378 e. The van der Waals surface area contributed by atoms with Crippen LogP contribution in [0.2, 0.25) is 0 Å². The second-order valence-corrected chi connectivity index (χ2v) is 6.66. The maximum atomic E-state index is 5.74. The van der Waals surface area contributed by atoms with E-state index in [4.69, 9.17) is 4.74 Å². The van der Waals surface area contributed by atoms with Gasteiger partial charge in [-0.2, -0.15) is 0 Å². The highest BCUT2D eigenvalue weighted by Crippen LogP contribution is 2.24. The summed E-state index contributed by atoms with van der Waals surface area (Å²) < 4.78 is 7.57. The summed E-state index contributed by atoms with van der Waals surface area (Å²) in [4.78, 5) is 9.63. The molecule has 4 heterocycles. The first kappa shape index (κ1) is 14.6. The number of hydrogen-bond donors (Lipinski definition) is 1. The van der Waals surface area contributed by atoms with Crippen LogP contribution in [0.3, 0.4) is 0 Å². The van der Waals surface area contributed by atoms with Crippen LogP contribution in [0, 0.1) is 0 Å². The molecule has 0 aromatic carbocycles. The Kier molecular flexibility index (Phi) is 4.21. The first-order valence-corrected chi connectivity index (χ1v) is 8.82. The monoisotopic (exact) mass is 329 g/mol. The molecule has 4 rings (SSSR count). The molecule has 0 aliphatic carbocycles. The lowest BCUT2D eigenvalue weighted by Gasteiger charge is -2.22. The Morgan fingerprint density at radius 3 is 3.17 bits per heavy atom. The zero-order valence-electron chi connectivity index (χ0n) is 12.8. The predicted molar refractivity (Wildman–Crippen MR) is 90.8 cm³/mol. The van der Waals surface area contributed by atoms with E-state index in [1.165, 1.54) is 19.3 Å². The lowest BCUT2D eigenvalue weighted by atomic mass is 10.1. The quantitative estimate of drug-likeness (QED) is 0.778. The smallest absolute Gasteiger partial charge is 0.214 e. The molecular formula is C16H19N5OS. The highest BCUT2D eigenvalue weighted by Gasteiger charge is 2.14. The van der Waals surface area contributed by atoms with Crippen LogP contribution in [0.5, 0.6) is 0 Å². The molecule has 1 aliphatic heterocycles. The molecule has 6 nitrogen and oxygen atoms in total. The van der Waals surface area contributed by atoms with Crippen LogP contribution in [0.4, 0.5) is 5.13 Å². The summed E-state index contributed by atoms with van der Waals surface area (Å²) in [7, 11) is 0. The number of nitrogens with zero attached hydrogens (tertiary/aromatic N) is 4. The van der Waals surface area contributed by atoms with E-state index in [1.807, 2.05) is 29.0 Å². The molecule has 3 aromatic rings. The van der Waals surface area contributed by atoms with E-state index >= 15 is 0 Å². The minimum absolute atomic E-state index is 0.400. The van der Waals surface area contributed by atoms with Crippen molar-refractivity contribution in [1.82, 2.24) is 19.6 Å². The minimum atomic E-state index is 0.400. The second kappa shape index (κ2) is 6.64. The SMILES string of the molecule is c1cncc(-c2cn3nc(NCCC4CCCCO4)sc3n2)c1. The van der Waals surface area contributed by atoms with Crippen LogP contribution >= 0.6 is 11.3 Å². The summed E-state index contributed by atoms with van der Waals surface area (Å²) in [6.45, 7) is 1.80. The number of anilines is 1. The van der Waals surface area contributed by atoms with E-state index in [9.17, 15) is 0 Å². The number of pyridine rings is 1. The molecule has 0 saturated carbocycles. The topological polar surface area (TPSA) is 64.3 Å². The Morgan fingerprint density at radius 2 is 2.39 bits per heavy atom. The van der Waals surface area contributed by atoms with Gasteiger partial charge in [0.15, 0.2) is 0 Å². The molecule has 1 saturated heterocycles. The lowest BCUT2D eigenvalue weighted by Crippen LogP contribution is -2.21.